The van der Waals surface area contributed by atoms with Gasteiger partial charge in [0, 0.05) is 18.7 Å². The predicted octanol–water partition coefficient (Wildman–Crippen LogP) is 1.44. The zero-order valence-corrected chi connectivity index (χ0v) is 10.3. The van der Waals surface area contributed by atoms with Crippen molar-refractivity contribution in [1.29, 1.82) is 0 Å². The number of non-ortho nitro benzene ring substituents is 1. The van der Waals surface area contributed by atoms with E-state index in [1.807, 2.05) is 0 Å². The summed E-state index contributed by atoms with van der Waals surface area (Å²) in [4.78, 5) is 33.0. The van der Waals surface area contributed by atoms with E-state index in [-0.39, 0.29) is 16.9 Å². The monoisotopic (exact) mass is 303 g/mol. The lowest BCUT2D eigenvalue weighted by molar-refractivity contribution is -0.384. The largest absolute Gasteiger partial charge is 0.471 e. The molecular weight excluding hydrogens is 295 g/mol. The van der Waals surface area contributed by atoms with Crippen LogP contribution in [0.2, 0.25) is 0 Å². The number of nitro groups is 1. The first-order valence-corrected chi connectivity index (χ1v) is 5.62. The average Bonchev–Trinajstić information content (AvgIpc) is 2.53. The van der Waals surface area contributed by atoms with E-state index < -0.39 is 36.0 Å². The van der Waals surface area contributed by atoms with Gasteiger partial charge in [0.15, 0.2) is 0 Å². The molecule has 10 heteroatoms. The normalized spacial score (nSPS) is 15.0. The van der Waals surface area contributed by atoms with Gasteiger partial charge in [-0.25, -0.2) is 0 Å². The molecule has 1 aromatic carbocycles. The van der Waals surface area contributed by atoms with Crippen LogP contribution in [0.3, 0.4) is 0 Å². The number of carbonyl (C=O) groups excluding carboxylic acids is 2. The molecule has 1 aliphatic rings. The number of hydrogen-bond acceptors (Lipinski definition) is 4. The summed E-state index contributed by atoms with van der Waals surface area (Å²) < 4.78 is 37.3. The van der Waals surface area contributed by atoms with Gasteiger partial charge >= 0.3 is 12.1 Å². The zero-order chi connectivity index (χ0) is 15.8. The van der Waals surface area contributed by atoms with Crippen LogP contribution in [0.25, 0.3) is 0 Å². The number of nitro benzene ring substituents is 1. The fourth-order valence-corrected chi connectivity index (χ4v) is 1.88. The number of alkyl halides is 3. The highest BCUT2D eigenvalue weighted by molar-refractivity contribution is 5.97. The minimum absolute atomic E-state index is 0.0201. The van der Waals surface area contributed by atoms with Crippen molar-refractivity contribution in [1.82, 2.24) is 4.90 Å². The van der Waals surface area contributed by atoms with Crippen LogP contribution in [0, 0.1) is 10.1 Å². The van der Waals surface area contributed by atoms with Gasteiger partial charge in [-0.1, -0.05) is 0 Å². The summed E-state index contributed by atoms with van der Waals surface area (Å²) in [7, 11) is 0. The highest BCUT2D eigenvalue weighted by Crippen LogP contribution is 2.28. The number of rotatable bonds is 1. The smallest absolute Gasteiger partial charge is 0.324 e. The van der Waals surface area contributed by atoms with Gasteiger partial charge in [-0.15, -0.1) is 0 Å². The first-order valence-electron chi connectivity index (χ1n) is 5.62. The number of hydrogen-bond donors (Lipinski definition) is 1. The van der Waals surface area contributed by atoms with Crippen molar-refractivity contribution in [2.75, 3.05) is 11.9 Å². The third-order valence-corrected chi connectivity index (χ3v) is 2.80. The lowest BCUT2D eigenvalue weighted by Crippen LogP contribution is -2.43. The van der Waals surface area contributed by atoms with Gasteiger partial charge < -0.3 is 10.2 Å². The molecule has 7 nitrogen and oxygen atoms in total. The molecule has 0 saturated heterocycles. The third-order valence-electron chi connectivity index (χ3n) is 2.80. The second-order valence-electron chi connectivity index (χ2n) is 4.31. The van der Waals surface area contributed by atoms with Crippen molar-refractivity contribution in [3.63, 3.8) is 0 Å². The van der Waals surface area contributed by atoms with Crippen molar-refractivity contribution in [2.45, 2.75) is 12.7 Å². The third kappa shape index (κ3) is 3.09. The molecule has 0 fully saturated rings. The highest BCUT2D eigenvalue weighted by Gasteiger charge is 2.43. The minimum Gasteiger partial charge on any atom is -0.324 e. The fourth-order valence-electron chi connectivity index (χ4n) is 1.88. The molecule has 2 rings (SSSR count). The Bertz CT molecular complexity index is 630. The molecule has 0 radical (unpaired) electrons. The molecule has 1 heterocycles. The summed E-state index contributed by atoms with van der Waals surface area (Å²) in [5.41, 5.74) is -0.111. The fraction of sp³-hybridized carbons (Fsp3) is 0.273. The van der Waals surface area contributed by atoms with Crippen molar-refractivity contribution in [3.8, 4) is 0 Å². The first-order chi connectivity index (χ1) is 9.68. The van der Waals surface area contributed by atoms with Crippen molar-refractivity contribution in [3.05, 3.63) is 33.9 Å². The molecular formula is C11H8F3N3O4. The van der Waals surface area contributed by atoms with Crippen molar-refractivity contribution >= 4 is 23.2 Å². The Morgan fingerprint density at radius 2 is 2.00 bits per heavy atom. The molecule has 0 atom stereocenters. The summed E-state index contributed by atoms with van der Waals surface area (Å²) in [6.45, 7) is -1.24. The molecule has 21 heavy (non-hydrogen) atoms. The summed E-state index contributed by atoms with van der Waals surface area (Å²) in [6.07, 6.45) is -5.09. The molecule has 112 valence electrons. The molecule has 0 spiro atoms. The van der Waals surface area contributed by atoms with E-state index in [0.29, 0.717) is 4.90 Å². The molecule has 1 aliphatic heterocycles. The van der Waals surface area contributed by atoms with Crippen LogP contribution < -0.4 is 5.32 Å². The maximum Gasteiger partial charge on any atom is 0.471 e. The van der Waals surface area contributed by atoms with Crippen LogP contribution in [-0.2, 0) is 16.1 Å². The number of benzene rings is 1. The van der Waals surface area contributed by atoms with E-state index in [2.05, 4.69) is 5.32 Å². The number of halogens is 3. The van der Waals surface area contributed by atoms with E-state index in [9.17, 15) is 32.9 Å². The SMILES string of the molecule is O=C1CN(C(=O)C(F)(F)F)Cc2ccc([N+](=O)[O-])cc2N1. The van der Waals surface area contributed by atoms with Crippen LogP contribution in [0.15, 0.2) is 18.2 Å². The van der Waals surface area contributed by atoms with E-state index in [1.165, 1.54) is 6.07 Å². The summed E-state index contributed by atoms with van der Waals surface area (Å²) in [6, 6.07) is 3.33. The van der Waals surface area contributed by atoms with Crippen molar-refractivity contribution in [2.24, 2.45) is 0 Å². The Hall–Kier alpha value is -2.65. The van der Waals surface area contributed by atoms with E-state index in [0.717, 1.165) is 12.1 Å². The highest BCUT2D eigenvalue weighted by atomic mass is 19.4. The topological polar surface area (TPSA) is 92.5 Å². The average molecular weight is 303 g/mol. The molecule has 0 bridgehead atoms. The van der Waals surface area contributed by atoms with Crippen LogP contribution in [0.5, 0.6) is 0 Å². The van der Waals surface area contributed by atoms with Crippen LogP contribution >= 0.6 is 0 Å². The van der Waals surface area contributed by atoms with Gasteiger partial charge in [0.1, 0.15) is 6.54 Å². The molecule has 2 amide bonds. The van der Waals surface area contributed by atoms with Gasteiger partial charge in [-0.3, -0.25) is 19.7 Å². The Balaban J connectivity index is 2.37. The maximum atomic E-state index is 12.4. The molecule has 1 aromatic rings. The van der Waals surface area contributed by atoms with E-state index in [1.54, 1.807) is 0 Å². The van der Waals surface area contributed by atoms with E-state index >= 15 is 0 Å². The standard InChI is InChI=1S/C11H8F3N3O4/c12-11(13,14)10(19)16-4-6-1-2-7(17(20)21)3-8(6)15-9(18)5-16/h1-3H,4-5H2,(H,15,18). The first kappa shape index (κ1) is 14.8. The van der Waals surface area contributed by atoms with Gasteiger partial charge in [0.2, 0.25) is 5.91 Å². The Kier molecular flexibility index (Phi) is 3.54. The number of amides is 2. The molecule has 1 N–H and O–H groups in total. The number of nitrogens with zero attached hydrogens (tertiary/aromatic N) is 2. The quantitative estimate of drug-likeness (QED) is 0.627. The van der Waals surface area contributed by atoms with Crippen LogP contribution in [0.1, 0.15) is 5.56 Å². The summed E-state index contributed by atoms with van der Waals surface area (Å²) in [5, 5.41) is 12.9. The van der Waals surface area contributed by atoms with Crippen LogP contribution in [-0.4, -0.2) is 34.4 Å². The lowest BCUT2D eigenvalue weighted by atomic mass is 10.1. The van der Waals surface area contributed by atoms with Gasteiger partial charge in [0.05, 0.1) is 10.6 Å². The van der Waals surface area contributed by atoms with Gasteiger partial charge in [-0.05, 0) is 11.6 Å². The molecule has 0 aliphatic carbocycles. The number of nitrogens with one attached hydrogen (secondary N) is 1. The van der Waals surface area contributed by atoms with E-state index in [4.69, 9.17) is 0 Å². The maximum absolute atomic E-state index is 12.4. The number of carbonyl (C=O) groups is 2. The van der Waals surface area contributed by atoms with Gasteiger partial charge in [-0.2, -0.15) is 13.2 Å². The Labute approximate surface area is 115 Å². The second-order valence-corrected chi connectivity index (χ2v) is 4.31. The van der Waals surface area contributed by atoms with Crippen LogP contribution in [0.4, 0.5) is 24.5 Å². The second kappa shape index (κ2) is 5.04. The lowest BCUT2D eigenvalue weighted by Gasteiger charge is -2.20. The van der Waals surface area contributed by atoms with Crippen molar-refractivity contribution < 1.29 is 27.7 Å². The molecule has 0 aromatic heterocycles. The number of anilines is 1. The predicted molar refractivity (Wildman–Crippen MR) is 63.2 cm³/mol. The molecule has 0 unspecified atom stereocenters. The Morgan fingerprint density at radius 3 is 2.57 bits per heavy atom. The number of fused-ring (bicyclic) bond motifs is 1. The minimum atomic E-state index is -5.09. The Morgan fingerprint density at radius 1 is 1.33 bits per heavy atom. The zero-order valence-electron chi connectivity index (χ0n) is 10.3. The summed E-state index contributed by atoms with van der Waals surface area (Å²) >= 11 is 0. The molecule has 0 saturated carbocycles. The summed E-state index contributed by atoms with van der Waals surface area (Å²) in [5.74, 6) is -2.99. The van der Waals surface area contributed by atoms with Gasteiger partial charge in [0.25, 0.3) is 5.69 Å².